The third-order valence-electron chi connectivity index (χ3n) is 6.57. The molecule has 2 aliphatic heterocycles. The van der Waals surface area contributed by atoms with E-state index in [1.54, 1.807) is 13.2 Å². The number of carbonyl (C=O) groups excluding carboxylic acids is 1. The summed E-state index contributed by atoms with van der Waals surface area (Å²) in [7, 11) is 1.67. The lowest BCUT2D eigenvalue weighted by Gasteiger charge is -2.44. The Balaban J connectivity index is 1.28. The molecule has 2 aromatic carbocycles. The number of hydrogen-bond acceptors (Lipinski definition) is 4. The molecule has 0 spiro atoms. The topological polar surface area (TPSA) is 36.0 Å². The van der Waals surface area contributed by atoms with Crippen molar-refractivity contribution in [2.75, 3.05) is 51.3 Å². The number of amides is 1. The molecule has 2 aliphatic rings. The van der Waals surface area contributed by atoms with Gasteiger partial charge >= 0.3 is 0 Å². The molecule has 0 aliphatic carbocycles. The van der Waals surface area contributed by atoms with Crippen molar-refractivity contribution in [1.82, 2.24) is 9.80 Å². The number of nitrogens with zero attached hydrogens (tertiary/aromatic N) is 3. The normalized spacial score (nSPS) is 20.0. The van der Waals surface area contributed by atoms with Crippen LogP contribution >= 0.6 is 0 Å². The van der Waals surface area contributed by atoms with Crippen LogP contribution in [0.15, 0.2) is 48.5 Å². The standard InChI is InChI=1S/C25H32FN3O2/c1-31-24-11-5-2-7-20(24)12-13-25(30)29-14-6-8-21(19-29)27-15-17-28(18-16-27)23-10-4-3-9-22(23)26/h2-5,7,9-11,21H,6,8,12-19H2,1H3. The van der Waals surface area contributed by atoms with Gasteiger partial charge in [-0.25, -0.2) is 4.39 Å². The smallest absolute Gasteiger partial charge is 0.222 e. The number of ether oxygens (including phenoxy) is 1. The molecule has 0 saturated carbocycles. The number of anilines is 1. The third-order valence-corrected chi connectivity index (χ3v) is 6.57. The number of rotatable bonds is 6. The van der Waals surface area contributed by atoms with E-state index in [4.69, 9.17) is 4.74 Å². The number of piperidine rings is 1. The van der Waals surface area contributed by atoms with Gasteiger partial charge in [-0.2, -0.15) is 0 Å². The number of aryl methyl sites for hydroxylation is 1. The monoisotopic (exact) mass is 425 g/mol. The highest BCUT2D eigenvalue weighted by Crippen LogP contribution is 2.24. The Morgan fingerprint density at radius 2 is 1.77 bits per heavy atom. The number of halogens is 1. The number of hydrogen-bond donors (Lipinski definition) is 0. The maximum Gasteiger partial charge on any atom is 0.222 e. The van der Waals surface area contributed by atoms with Crippen LogP contribution in [0, 0.1) is 5.82 Å². The van der Waals surface area contributed by atoms with Crippen molar-refractivity contribution >= 4 is 11.6 Å². The van der Waals surface area contributed by atoms with Crippen LogP contribution in [-0.4, -0.2) is 68.1 Å². The first-order valence-corrected chi connectivity index (χ1v) is 11.3. The van der Waals surface area contributed by atoms with Crippen LogP contribution in [-0.2, 0) is 11.2 Å². The van der Waals surface area contributed by atoms with Crippen LogP contribution in [0.2, 0.25) is 0 Å². The molecule has 4 rings (SSSR count). The molecule has 6 heteroatoms. The zero-order valence-electron chi connectivity index (χ0n) is 18.3. The Hall–Kier alpha value is -2.60. The quantitative estimate of drug-likeness (QED) is 0.709. The average molecular weight is 426 g/mol. The minimum Gasteiger partial charge on any atom is -0.496 e. The van der Waals surface area contributed by atoms with Gasteiger partial charge in [0.1, 0.15) is 11.6 Å². The summed E-state index contributed by atoms with van der Waals surface area (Å²) in [6, 6.07) is 15.3. The van der Waals surface area contributed by atoms with Crippen LogP contribution in [0.5, 0.6) is 5.75 Å². The van der Waals surface area contributed by atoms with Crippen molar-refractivity contribution in [2.24, 2.45) is 0 Å². The summed E-state index contributed by atoms with van der Waals surface area (Å²) in [6.45, 7) is 5.09. The molecular weight excluding hydrogens is 393 g/mol. The first-order valence-electron chi connectivity index (χ1n) is 11.3. The second kappa shape index (κ2) is 10.1. The summed E-state index contributed by atoms with van der Waals surface area (Å²) in [6.07, 6.45) is 3.37. The zero-order chi connectivity index (χ0) is 21.6. The second-order valence-electron chi connectivity index (χ2n) is 8.42. The molecule has 2 aromatic rings. The van der Waals surface area contributed by atoms with Gasteiger partial charge in [0.2, 0.25) is 5.91 Å². The molecule has 2 heterocycles. The van der Waals surface area contributed by atoms with E-state index in [-0.39, 0.29) is 11.7 Å². The summed E-state index contributed by atoms with van der Waals surface area (Å²) in [4.78, 5) is 19.5. The zero-order valence-corrected chi connectivity index (χ0v) is 18.3. The summed E-state index contributed by atoms with van der Waals surface area (Å²) in [5, 5.41) is 0. The molecule has 5 nitrogen and oxygen atoms in total. The van der Waals surface area contributed by atoms with Gasteiger partial charge < -0.3 is 14.5 Å². The molecule has 2 saturated heterocycles. The van der Waals surface area contributed by atoms with Gasteiger partial charge in [-0.1, -0.05) is 30.3 Å². The molecule has 1 unspecified atom stereocenters. The Morgan fingerprint density at radius 3 is 2.55 bits per heavy atom. The predicted molar refractivity (Wildman–Crippen MR) is 121 cm³/mol. The van der Waals surface area contributed by atoms with Crippen molar-refractivity contribution < 1.29 is 13.9 Å². The predicted octanol–water partition coefficient (Wildman–Crippen LogP) is 3.58. The largest absolute Gasteiger partial charge is 0.496 e. The summed E-state index contributed by atoms with van der Waals surface area (Å²) < 4.78 is 19.5. The van der Waals surface area contributed by atoms with Crippen molar-refractivity contribution in [2.45, 2.75) is 31.7 Å². The van der Waals surface area contributed by atoms with Gasteiger partial charge in [-0.3, -0.25) is 9.69 Å². The van der Waals surface area contributed by atoms with E-state index in [1.165, 1.54) is 6.07 Å². The Morgan fingerprint density at radius 1 is 1.03 bits per heavy atom. The SMILES string of the molecule is COc1ccccc1CCC(=O)N1CCCC(N2CCN(c3ccccc3F)CC2)C1. The fourth-order valence-corrected chi connectivity index (χ4v) is 4.82. The molecular formula is C25H32FN3O2. The van der Waals surface area contributed by atoms with E-state index >= 15 is 0 Å². The summed E-state index contributed by atoms with van der Waals surface area (Å²) in [5.74, 6) is 0.917. The van der Waals surface area contributed by atoms with E-state index < -0.39 is 0 Å². The Labute approximate surface area is 184 Å². The van der Waals surface area contributed by atoms with Gasteiger partial charge in [0.25, 0.3) is 0 Å². The van der Waals surface area contributed by atoms with Crippen LogP contribution in [0.1, 0.15) is 24.8 Å². The van der Waals surface area contributed by atoms with Gasteiger partial charge in [0.15, 0.2) is 0 Å². The molecule has 0 radical (unpaired) electrons. The average Bonchev–Trinajstić information content (AvgIpc) is 2.83. The number of benzene rings is 2. The molecule has 1 amide bonds. The molecule has 1 atom stereocenters. The lowest BCUT2D eigenvalue weighted by molar-refractivity contribution is -0.133. The molecule has 0 N–H and O–H groups in total. The molecule has 0 bridgehead atoms. The van der Waals surface area contributed by atoms with Gasteiger partial charge in [0.05, 0.1) is 12.8 Å². The fraction of sp³-hybridized carbons (Fsp3) is 0.480. The highest BCUT2D eigenvalue weighted by molar-refractivity contribution is 5.76. The first-order chi connectivity index (χ1) is 15.2. The molecule has 2 fully saturated rings. The van der Waals surface area contributed by atoms with E-state index in [2.05, 4.69) is 9.80 Å². The number of para-hydroxylation sites is 2. The number of carbonyl (C=O) groups is 1. The van der Waals surface area contributed by atoms with E-state index in [0.29, 0.717) is 24.6 Å². The van der Waals surface area contributed by atoms with Crippen LogP contribution in [0.4, 0.5) is 10.1 Å². The van der Waals surface area contributed by atoms with Gasteiger partial charge in [0, 0.05) is 51.7 Å². The number of piperazine rings is 1. The van der Waals surface area contributed by atoms with E-state index in [9.17, 15) is 9.18 Å². The van der Waals surface area contributed by atoms with Crippen LogP contribution in [0.3, 0.4) is 0 Å². The third kappa shape index (κ3) is 5.18. The van der Waals surface area contributed by atoms with Crippen molar-refractivity contribution in [1.29, 1.82) is 0 Å². The Kier molecular flexibility index (Phi) is 7.07. The summed E-state index contributed by atoms with van der Waals surface area (Å²) >= 11 is 0. The lowest BCUT2D eigenvalue weighted by Crippen LogP contribution is -2.56. The maximum atomic E-state index is 14.1. The maximum absolute atomic E-state index is 14.1. The lowest BCUT2D eigenvalue weighted by atomic mass is 10.0. The van der Waals surface area contributed by atoms with Gasteiger partial charge in [-0.05, 0) is 43.0 Å². The highest BCUT2D eigenvalue weighted by Gasteiger charge is 2.30. The highest BCUT2D eigenvalue weighted by atomic mass is 19.1. The van der Waals surface area contributed by atoms with Crippen molar-refractivity contribution in [3.63, 3.8) is 0 Å². The molecule has 166 valence electrons. The van der Waals surface area contributed by atoms with Gasteiger partial charge in [-0.15, -0.1) is 0 Å². The minimum absolute atomic E-state index is 0.152. The van der Waals surface area contributed by atoms with Crippen LogP contribution in [0.25, 0.3) is 0 Å². The Bertz CT molecular complexity index is 883. The molecule has 31 heavy (non-hydrogen) atoms. The van der Waals surface area contributed by atoms with Crippen molar-refractivity contribution in [3.8, 4) is 5.75 Å². The van der Waals surface area contributed by atoms with E-state index in [0.717, 1.165) is 63.4 Å². The fourth-order valence-electron chi connectivity index (χ4n) is 4.82. The minimum atomic E-state index is -0.152. The summed E-state index contributed by atoms with van der Waals surface area (Å²) in [5.41, 5.74) is 1.77. The number of likely N-dealkylation sites (tertiary alicyclic amines) is 1. The van der Waals surface area contributed by atoms with Crippen molar-refractivity contribution in [3.05, 3.63) is 59.9 Å². The van der Waals surface area contributed by atoms with Crippen LogP contribution < -0.4 is 9.64 Å². The number of methoxy groups -OCH3 is 1. The van der Waals surface area contributed by atoms with E-state index in [1.807, 2.05) is 41.3 Å². The second-order valence-corrected chi connectivity index (χ2v) is 8.42. The first kappa shape index (κ1) is 21.6. The molecule has 0 aromatic heterocycles.